The minimum atomic E-state index is -5.01. The van der Waals surface area contributed by atoms with Crippen LogP contribution in [-0.2, 0) is 33.9 Å². The van der Waals surface area contributed by atoms with E-state index >= 15 is 0 Å². The number of aliphatic carboxylic acids is 1. The molecule has 0 bridgehead atoms. The Hall–Kier alpha value is -4.33. The molecule has 3 rings (SSSR count). The molecule has 2 amide bonds. The first-order chi connectivity index (χ1) is 18.1. The third-order valence-corrected chi connectivity index (χ3v) is 6.23. The lowest BCUT2D eigenvalue weighted by Gasteiger charge is -2.50. The third kappa shape index (κ3) is 6.96. The summed E-state index contributed by atoms with van der Waals surface area (Å²) in [6.07, 6.45) is -1.70. The Morgan fingerprint density at radius 3 is 2.46 bits per heavy atom. The number of β-lactam (4-membered cyclic amide) rings is 1. The van der Waals surface area contributed by atoms with Crippen molar-refractivity contribution in [3.63, 3.8) is 0 Å². The topological polar surface area (TPSA) is 270 Å². The summed E-state index contributed by atoms with van der Waals surface area (Å²) in [7, 11) is -5.01. The van der Waals surface area contributed by atoms with Crippen LogP contribution in [0.25, 0.3) is 0 Å². The van der Waals surface area contributed by atoms with Crippen LogP contribution in [0.3, 0.4) is 0 Å². The third-order valence-electron chi connectivity index (χ3n) is 5.21. The van der Waals surface area contributed by atoms with Crippen molar-refractivity contribution in [3.8, 4) is 5.75 Å². The van der Waals surface area contributed by atoms with Gasteiger partial charge in [0.25, 0.3) is 17.9 Å². The molecule has 17 nitrogen and oxygen atoms in total. The number of carbonyl (C=O) groups excluding carboxylic acids is 2. The molecule has 0 radical (unpaired) electrons. The summed E-state index contributed by atoms with van der Waals surface area (Å²) in [5.74, 6) is -3.45. The highest BCUT2D eigenvalue weighted by atomic mass is 32.3. The molecular formula is C20H23N7O10S2. The van der Waals surface area contributed by atoms with Crippen LogP contribution in [0.5, 0.6) is 5.75 Å². The van der Waals surface area contributed by atoms with Crippen molar-refractivity contribution in [2.75, 3.05) is 12.3 Å². The molecule has 8 N–H and O–H groups in total. The zero-order chi connectivity index (χ0) is 29.1. The van der Waals surface area contributed by atoms with Crippen molar-refractivity contribution in [1.82, 2.24) is 15.4 Å². The normalized spacial score (nSPS) is 17.6. The maximum atomic E-state index is 13.0. The molecule has 1 aromatic carbocycles. The first-order valence-electron chi connectivity index (χ1n) is 10.7. The summed E-state index contributed by atoms with van der Waals surface area (Å²) >= 11 is 0.943. The standard InChI is InChI=1S/C20H23N7O10S2/c1-20(2)14(17(29)27(20)37-39(32,33)34)25-16(28)13(11-8-38-19(23)24-11)26-36-12(18(30)31)7-35-10-5-3-9(4-6-10)15(21)22/h3-6,8,12,14H,7H2,1-2H3,(H3,21,22)(H2,23,24)(H,25,28)(H,30,31)(H,32,33,34)/b26-13-/t12?,14-/m1/s1. The van der Waals surface area contributed by atoms with E-state index in [9.17, 15) is 27.9 Å². The molecule has 19 heteroatoms. The largest absolute Gasteiger partial charge is 0.489 e. The molecule has 39 heavy (non-hydrogen) atoms. The van der Waals surface area contributed by atoms with E-state index in [1.54, 1.807) is 0 Å². The Kier molecular flexibility index (Phi) is 8.39. The van der Waals surface area contributed by atoms with Crippen LogP contribution >= 0.6 is 11.3 Å². The first-order valence-corrected chi connectivity index (χ1v) is 12.9. The van der Waals surface area contributed by atoms with E-state index in [1.807, 2.05) is 0 Å². The second kappa shape index (κ2) is 11.2. The van der Waals surface area contributed by atoms with Gasteiger partial charge >= 0.3 is 16.4 Å². The molecule has 1 saturated heterocycles. The minimum absolute atomic E-state index is 0.0467. The number of rotatable bonds is 12. The molecule has 1 aromatic heterocycles. The maximum absolute atomic E-state index is 13.0. The quantitative estimate of drug-likeness (QED) is 0.0580. The summed E-state index contributed by atoms with van der Waals surface area (Å²) in [5.41, 5.74) is 9.37. The average molecular weight is 586 g/mol. The van der Waals surface area contributed by atoms with Crippen molar-refractivity contribution < 1.29 is 46.3 Å². The number of nitrogens with one attached hydrogen (secondary N) is 2. The number of carbonyl (C=O) groups is 3. The fourth-order valence-corrected chi connectivity index (χ4v) is 4.19. The van der Waals surface area contributed by atoms with E-state index in [-0.39, 0.29) is 22.4 Å². The Morgan fingerprint density at radius 1 is 1.33 bits per heavy atom. The fourth-order valence-electron chi connectivity index (χ4n) is 3.19. The fraction of sp³-hybridized carbons (Fsp3) is 0.300. The molecule has 2 heterocycles. The van der Waals surface area contributed by atoms with E-state index in [2.05, 4.69) is 19.7 Å². The van der Waals surface area contributed by atoms with Gasteiger partial charge in [-0.1, -0.05) is 5.16 Å². The number of nitrogen functional groups attached to an aromatic ring is 2. The van der Waals surface area contributed by atoms with Gasteiger partial charge in [0.2, 0.25) is 0 Å². The smallest absolute Gasteiger partial charge is 0.418 e. The van der Waals surface area contributed by atoms with Crippen molar-refractivity contribution in [2.24, 2.45) is 10.9 Å². The number of amidine groups is 1. The van der Waals surface area contributed by atoms with E-state index in [1.165, 1.54) is 43.5 Å². The molecule has 210 valence electrons. The zero-order valence-electron chi connectivity index (χ0n) is 20.2. The highest BCUT2D eigenvalue weighted by Crippen LogP contribution is 2.33. The monoisotopic (exact) mass is 585 g/mol. The number of hydrogen-bond donors (Lipinski definition) is 6. The van der Waals surface area contributed by atoms with E-state index < -0.39 is 58.2 Å². The molecule has 0 spiro atoms. The number of ether oxygens (including phenoxy) is 1. The number of anilines is 1. The van der Waals surface area contributed by atoms with Gasteiger partial charge in [-0.25, -0.2) is 9.78 Å². The van der Waals surface area contributed by atoms with Gasteiger partial charge in [-0.05, 0) is 38.1 Å². The summed E-state index contributed by atoms with van der Waals surface area (Å²) in [6, 6.07) is 4.58. The van der Waals surface area contributed by atoms with Crippen LogP contribution in [0.4, 0.5) is 5.13 Å². The molecular weight excluding hydrogens is 562 g/mol. The summed E-state index contributed by atoms with van der Waals surface area (Å²) < 4.78 is 40.5. The molecule has 0 aliphatic carbocycles. The van der Waals surface area contributed by atoms with Crippen molar-refractivity contribution >= 4 is 56.2 Å². The summed E-state index contributed by atoms with van der Waals surface area (Å²) in [5, 5.41) is 24.6. The van der Waals surface area contributed by atoms with Crippen LogP contribution < -0.4 is 21.5 Å². The highest BCUT2D eigenvalue weighted by molar-refractivity contribution is 7.80. The molecule has 1 aliphatic heterocycles. The number of hydrogen-bond acceptors (Lipinski definition) is 13. The number of carboxylic acid groups (broad SMARTS) is 1. The predicted octanol–water partition coefficient (Wildman–Crippen LogP) is -0.898. The van der Waals surface area contributed by atoms with E-state index in [4.69, 9.17) is 31.0 Å². The van der Waals surface area contributed by atoms with Crippen molar-refractivity contribution in [2.45, 2.75) is 31.5 Å². The van der Waals surface area contributed by atoms with Crippen LogP contribution in [0.2, 0.25) is 0 Å². The number of aromatic nitrogens is 1. The number of oxime groups is 1. The molecule has 2 aromatic rings. The summed E-state index contributed by atoms with van der Waals surface area (Å²) in [6.45, 7) is 2.15. The number of nitrogens with two attached hydrogens (primary N) is 2. The Morgan fingerprint density at radius 2 is 1.97 bits per heavy atom. The molecule has 1 fully saturated rings. The second-order valence-electron chi connectivity index (χ2n) is 8.39. The van der Waals surface area contributed by atoms with E-state index in [0.717, 1.165) is 11.3 Å². The minimum Gasteiger partial charge on any atom is -0.489 e. The van der Waals surface area contributed by atoms with Crippen LogP contribution in [0.1, 0.15) is 25.1 Å². The number of benzene rings is 1. The SMILES string of the molecule is CC1(C)[C@H](NC(=O)/C(=N\OC(COc2ccc(C(=N)N)cc2)C(=O)O)c2csc(N)n2)C(=O)N1OS(=O)(=O)O. The first kappa shape index (κ1) is 29.2. The summed E-state index contributed by atoms with van der Waals surface area (Å²) in [4.78, 5) is 46.1. The van der Waals surface area contributed by atoms with Crippen LogP contribution in [0.15, 0.2) is 34.8 Å². The van der Waals surface area contributed by atoms with Gasteiger partial charge in [-0.2, -0.15) is 13.5 Å². The lowest BCUT2D eigenvalue weighted by molar-refractivity contribution is -0.218. The number of hydroxylamine groups is 2. The van der Waals surface area contributed by atoms with Gasteiger partial charge in [-0.3, -0.25) is 19.6 Å². The van der Waals surface area contributed by atoms with Gasteiger partial charge in [0.15, 0.2) is 10.8 Å². The molecule has 0 saturated carbocycles. The maximum Gasteiger partial charge on any atom is 0.418 e. The Labute approximate surface area is 224 Å². The molecule has 1 aliphatic rings. The molecule has 2 atom stereocenters. The lowest BCUT2D eigenvalue weighted by atomic mass is 9.84. The Balaban J connectivity index is 1.76. The number of nitrogens with zero attached hydrogens (tertiary/aromatic N) is 3. The number of amides is 2. The Bertz CT molecular complexity index is 1420. The van der Waals surface area contributed by atoms with Gasteiger partial charge in [-0.15, -0.1) is 15.6 Å². The van der Waals surface area contributed by atoms with Crippen LogP contribution in [-0.4, -0.2) is 81.7 Å². The number of thiazole rings is 1. The van der Waals surface area contributed by atoms with Crippen molar-refractivity contribution in [1.29, 1.82) is 5.41 Å². The lowest BCUT2D eigenvalue weighted by Crippen LogP contribution is -2.76. The van der Waals surface area contributed by atoms with E-state index in [0.29, 0.717) is 10.6 Å². The van der Waals surface area contributed by atoms with Gasteiger partial charge in [0.05, 0.1) is 5.54 Å². The highest BCUT2D eigenvalue weighted by Gasteiger charge is 2.58. The van der Waals surface area contributed by atoms with Crippen molar-refractivity contribution in [3.05, 3.63) is 40.9 Å². The molecule has 1 unspecified atom stereocenters. The average Bonchev–Trinajstić information content (AvgIpc) is 3.28. The second-order valence-corrected chi connectivity index (χ2v) is 10.3. The van der Waals surface area contributed by atoms with Gasteiger partial charge < -0.3 is 31.5 Å². The van der Waals surface area contributed by atoms with Gasteiger partial charge in [0.1, 0.15) is 29.9 Å². The number of carboxylic acids is 1. The predicted molar refractivity (Wildman–Crippen MR) is 134 cm³/mol. The van der Waals surface area contributed by atoms with Gasteiger partial charge in [0, 0.05) is 10.9 Å². The van der Waals surface area contributed by atoms with Crippen LogP contribution in [0, 0.1) is 5.41 Å². The zero-order valence-corrected chi connectivity index (χ0v) is 21.9.